The minimum atomic E-state index is 1.17. The van der Waals surface area contributed by atoms with E-state index in [1.54, 1.807) is 135 Å². The second-order valence-corrected chi connectivity index (χ2v) is 23.2. The average Bonchev–Trinajstić information content (AvgIpc) is 3.84. The molecule has 0 amide bonds. The van der Waals surface area contributed by atoms with Crippen LogP contribution in [0.25, 0.3) is 0 Å². The van der Waals surface area contributed by atoms with E-state index >= 15 is 0 Å². The van der Waals surface area contributed by atoms with Crippen molar-refractivity contribution in [1.29, 1.82) is 0 Å². The Labute approximate surface area is 287 Å². The second-order valence-electron chi connectivity index (χ2n) is 23.2. The Hall–Kier alpha value is 0. The summed E-state index contributed by atoms with van der Waals surface area (Å²) in [5, 5.41) is 0. The monoisotopic (exact) mass is 633 g/mol. The third-order valence-electron chi connectivity index (χ3n) is 22.8. The summed E-state index contributed by atoms with van der Waals surface area (Å²) in [6.45, 7) is 0. The van der Waals surface area contributed by atoms with Crippen LogP contribution in [0.4, 0.5) is 0 Å². The Balaban J connectivity index is 0.0000000645. The molecule has 20 aliphatic carbocycles. The Morgan fingerprint density at radius 2 is 0.553 bits per heavy atom. The maximum absolute atomic E-state index is 1.64. The van der Waals surface area contributed by atoms with Gasteiger partial charge in [-0.15, -0.1) is 0 Å². The molecular weight excluding hydrogens is 565 g/mol. The lowest BCUT2D eigenvalue weighted by atomic mass is 9.01. The van der Waals surface area contributed by atoms with Gasteiger partial charge in [0.05, 0.1) is 0 Å². The van der Waals surface area contributed by atoms with Gasteiger partial charge in [0.25, 0.3) is 0 Å². The van der Waals surface area contributed by atoms with Crippen molar-refractivity contribution in [2.75, 3.05) is 0 Å². The van der Waals surface area contributed by atoms with Crippen molar-refractivity contribution < 1.29 is 0 Å². The molecule has 0 heteroatoms. The Morgan fingerprint density at radius 3 is 0.957 bits per heavy atom. The highest BCUT2D eigenvalue weighted by atomic mass is 15.0. The first-order valence-corrected chi connectivity index (χ1v) is 23.3. The van der Waals surface area contributed by atoms with Crippen LogP contribution in [0.3, 0.4) is 0 Å². The third kappa shape index (κ3) is 3.48. The molecular formula is C47H68. The fourth-order valence-corrected chi connectivity index (χ4v) is 21.1. The van der Waals surface area contributed by atoms with Gasteiger partial charge in [-0.25, -0.2) is 0 Å². The first kappa shape index (κ1) is 27.6. The molecule has 20 fully saturated rings. The van der Waals surface area contributed by atoms with Crippen LogP contribution in [0.5, 0.6) is 0 Å². The van der Waals surface area contributed by atoms with Crippen LogP contribution in [-0.4, -0.2) is 0 Å². The number of fused-ring (bicyclic) bond motifs is 17. The Bertz CT molecular complexity index is 1110. The predicted octanol–water partition coefficient (Wildman–Crippen LogP) is 11.4. The molecule has 0 aromatic heterocycles. The van der Waals surface area contributed by atoms with E-state index in [0.717, 1.165) is 0 Å². The first-order chi connectivity index (χ1) is 23.3. The standard InChI is InChI=1S/C12H18.C11H18.C9H14.C8H8.C7H10/c1-2-8-5-7(1)11-9-3-4-10(6-9)12(8)11;1-3-8-4-2-6-10(8)11-7-9(11)5-1;1-2-7-5-6(1)8-3-4-9(7)8;1-2-5-3(1)7-4(1)6(2)8(5)7;1-4-2-6-5(1)7(6)3-4/h7-12H,1-6H2;8-11H,1-7H2;6-9H,1-5H2;1-8H;4-7H,1-3H2. The molecule has 12 atom stereocenters. The van der Waals surface area contributed by atoms with Gasteiger partial charge in [-0.1, -0.05) is 32.1 Å². The van der Waals surface area contributed by atoms with Crippen molar-refractivity contribution in [1.82, 2.24) is 0 Å². The van der Waals surface area contributed by atoms with Crippen molar-refractivity contribution in [3.05, 3.63) is 0 Å². The molecule has 47 heavy (non-hydrogen) atoms. The lowest BCUT2D eigenvalue weighted by Gasteiger charge is -3.03. The summed E-state index contributed by atoms with van der Waals surface area (Å²) in [5.74, 6) is 32.6. The smallest absolute Gasteiger partial charge is 0.0312 e. The second kappa shape index (κ2) is 9.50. The lowest BCUT2D eigenvalue weighted by molar-refractivity contribution is -0.565. The van der Waals surface area contributed by atoms with Gasteiger partial charge in [0.15, 0.2) is 0 Å². The molecule has 20 aliphatic rings. The Kier molecular flexibility index (Phi) is 5.59. The summed E-state index contributed by atoms with van der Waals surface area (Å²) in [6.07, 6.45) is 33.6. The highest BCUT2D eigenvalue weighted by Gasteiger charge is 2.97. The van der Waals surface area contributed by atoms with E-state index in [-0.39, 0.29) is 0 Å². The van der Waals surface area contributed by atoms with E-state index in [1.165, 1.54) is 154 Å². The highest BCUT2D eigenvalue weighted by Crippen LogP contribution is 3.00. The summed E-state index contributed by atoms with van der Waals surface area (Å²) in [5.41, 5.74) is 0. The zero-order valence-electron chi connectivity index (χ0n) is 29.9. The predicted molar refractivity (Wildman–Crippen MR) is 188 cm³/mol. The van der Waals surface area contributed by atoms with Gasteiger partial charge < -0.3 is 0 Å². The zero-order chi connectivity index (χ0) is 29.9. The van der Waals surface area contributed by atoms with Gasteiger partial charge in [0.1, 0.15) is 0 Å². The van der Waals surface area contributed by atoms with Gasteiger partial charge in [-0.3, -0.25) is 0 Å². The Morgan fingerprint density at radius 1 is 0.191 bits per heavy atom. The molecule has 256 valence electrons. The molecule has 0 heterocycles. The van der Waals surface area contributed by atoms with Crippen LogP contribution in [0.15, 0.2) is 0 Å². The molecule has 0 aromatic rings. The molecule has 20 rings (SSSR count). The van der Waals surface area contributed by atoms with E-state index in [1.807, 2.05) is 0 Å². The minimum Gasteiger partial charge on any atom is -0.0528 e. The average molecular weight is 633 g/mol. The summed E-state index contributed by atoms with van der Waals surface area (Å²) in [6, 6.07) is 0. The molecule has 0 aromatic carbocycles. The summed E-state index contributed by atoms with van der Waals surface area (Å²) in [7, 11) is 0. The van der Waals surface area contributed by atoms with Gasteiger partial charge in [-0.05, 0) is 257 Å². The zero-order valence-corrected chi connectivity index (χ0v) is 29.9. The topological polar surface area (TPSA) is 0 Å². The van der Waals surface area contributed by atoms with Crippen LogP contribution < -0.4 is 0 Å². The van der Waals surface area contributed by atoms with Crippen LogP contribution in [0, 0.1) is 154 Å². The summed E-state index contributed by atoms with van der Waals surface area (Å²) < 4.78 is 0. The fraction of sp³-hybridized carbons (Fsp3) is 1.00. The van der Waals surface area contributed by atoms with Gasteiger partial charge in [0, 0.05) is 0 Å². The minimum absolute atomic E-state index is 1.17. The number of hydrogen-bond donors (Lipinski definition) is 0. The van der Waals surface area contributed by atoms with Crippen molar-refractivity contribution in [3.8, 4) is 0 Å². The maximum atomic E-state index is 1.64. The molecule has 0 nitrogen and oxygen atoms in total. The van der Waals surface area contributed by atoms with Crippen molar-refractivity contribution in [2.24, 2.45) is 154 Å². The summed E-state index contributed by atoms with van der Waals surface area (Å²) in [4.78, 5) is 0. The normalized spacial score (nSPS) is 70.5. The molecule has 10 bridgehead atoms. The van der Waals surface area contributed by atoms with Gasteiger partial charge in [0.2, 0.25) is 0 Å². The molecule has 0 aliphatic heterocycles. The van der Waals surface area contributed by atoms with E-state index in [2.05, 4.69) is 0 Å². The molecule has 0 N–H and O–H groups in total. The fourth-order valence-electron chi connectivity index (χ4n) is 21.1. The quantitative estimate of drug-likeness (QED) is 0.233. The van der Waals surface area contributed by atoms with Crippen molar-refractivity contribution in [3.63, 3.8) is 0 Å². The third-order valence-corrected chi connectivity index (χ3v) is 22.8. The van der Waals surface area contributed by atoms with Crippen LogP contribution in [0.1, 0.15) is 135 Å². The largest absolute Gasteiger partial charge is 0.0528 e. The number of rotatable bonds is 0. The van der Waals surface area contributed by atoms with E-state index in [4.69, 9.17) is 0 Å². The van der Waals surface area contributed by atoms with Crippen LogP contribution in [-0.2, 0) is 0 Å². The van der Waals surface area contributed by atoms with Crippen molar-refractivity contribution in [2.45, 2.75) is 135 Å². The van der Waals surface area contributed by atoms with E-state index in [0.29, 0.717) is 0 Å². The molecule has 12 unspecified atom stereocenters. The van der Waals surface area contributed by atoms with Crippen molar-refractivity contribution >= 4 is 0 Å². The first-order valence-electron chi connectivity index (χ1n) is 23.3. The highest BCUT2D eigenvalue weighted by molar-refractivity contribution is 5.44. The SMILES string of the molecule is C12C3C4C1C1C2C3C41.C1C2CC3C1C3C2.C1CC2CC1C1C3CCC(C3)C21.C1CC2CC1C1CCC21.C1CC2CCCC2C2CC2C1. The maximum Gasteiger partial charge on any atom is -0.0312 e. The lowest BCUT2D eigenvalue weighted by Crippen LogP contribution is -3.00. The van der Waals surface area contributed by atoms with E-state index < -0.39 is 0 Å². The molecule has 0 spiro atoms. The van der Waals surface area contributed by atoms with E-state index in [9.17, 15) is 0 Å². The van der Waals surface area contributed by atoms with Crippen LogP contribution in [0.2, 0.25) is 0 Å². The number of hydrogen-bond acceptors (Lipinski definition) is 0. The van der Waals surface area contributed by atoms with Gasteiger partial charge in [-0.2, -0.15) is 0 Å². The molecule has 0 radical (unpaired) electrons. The summed E-state index contributed by atoms with van der Waals surface area (Å²) >= 11 is 0. The molecule has 0 saturated heterocycles. The molecule has 20 saturated carbocycles. The van der Waals surface area contributed by atoms with Gasteiger partial charge >= 0.3 is 0 Å². The van der Waals surface area contributed by atoms with Crippen LogP contribution >= 0.6 is 0 Å².